The van der Waals surface area contributed by atoms with Gasteiger partial charge in [-0.2, -0.15) is 16.9 Å². The molecule has 0 bridgehead atoms. The molecule has 130 valence electrons. The minimum Gasteiger partial charge on any atom is -0.355 e. The third-order valence-electron chi connectivity index (χ3n) is 4.35. The number of thioether (sulfide) groups is 1. The predicted molar refractivity (Wildman–Crippen MR) is 99.1 cm³/mol. The maximum Gasteiger partial charge on any atom is 0.191 e. The highest BCUT2D eigenvalue weighted by molar-refractivity contribution is 8.00. The van der Waals surface area contributed by atoms with E-state index in [0.29, 0.717) is 4.75 Å². The zero-order chi connectivity index (χ0) is 16.9. The first kappa shape index (κ1) is 18.1. The van der Waals surface area contributed by atoms with Crippen molar-refractivity contribution in [2.75, 3.05) is 40.0 Å². The van der Waals surface area contributed by atoms with Gasteiger partial charge in [0.2, 0.25) is 0 Å². The van der Waals surface area contributed by atoms with Crippen LogP contribution >= 0.6 is 11.8 Å². The Balaban J connectivity index is 1.88. The predicted octanol–water partition coefficient (Wildman–Crippen LogP) is 1.47. The van der Waals surface area contributed by atoms with E-state index in [1.807, 2.05) is 25.0 Å². The topological polar surface area (TPSA) is 57.5 Å². The van der Waals surface area contributed by atoms with Gasteiger partial charge in [-0.3, -0.25) is 9.67 Å². The van der Waals surface area contributed by atoms with Crippen LogP contribution in [0.15, 0.2) is 17.4 Å². The Morgan fingerprint density at radius 3 is 2.83 bits per heavy atom. The molecule has 1 saturated heterocycles. The van der Waals surface area contributed by atoms with Crippen molar-refractivity contribution in [3.63, 3.8) is 0 Å². The number of hydrogen-bond acceptors (Lipinski definition) is 4. The lowest BCUT2D eigenvalue weighted by atomic mass is 10.1. The fourth-order valence-corrected chi connectivity index (χ4v) is 4.12. The van der Waals surface area contributed by atoms with Gasteiger partial charge in [0.1, 0.15) is 0 Å². The van der Waals surface area contributed by atoms with E-state index in [4.69, 9.17) is 0 Å². The monoisotopic (exact) mass is 338 g/mol. The maximum atomic E-state index is 4.36. The van der Waals surface area contributed by atoms with E-state index in [1.54, 1.807) is 0 Å². The fraction of sp³-hybridized carbons (Fsp3) is 0.750. The number of nitrogens with zero attached hydrogens (tertiary/aromatic N) is 4. The summed E-state index contributed by atoms with van der Waals surface area (Å²) in [5.41, 5.74) is 1.21. The summed E-state index contributed by atoms with van der Waals surface area (Å²) in [6, 6.07) is 0.263. The Morgan fingerprint density at radius 2 is 2.30 bits per heavy atom. The lowest BCUT2D eigenvalue weighted by Gasteiger charge is -2.27. The molecule has 2 N–H and O–H groups in total. The molecule has 0 saturated carbocycles. The number of nitrogens with one attached hydrogen (secondary N) is 2. The summed E-state index contributed by atoms with van der Waals surface area (Å²) in [5, 5.41) is 11.2. The second-order valence-electron chi connectivity index (χ2n) is 6.64. The number of guanidine groups is 1. The zero-order valence-electron chi connectivity index (χ0n) is 15.0. The van der Waals surface area contributed by atoms with Crippen LogP contribution in [0.1, 0.15) is 31.4 Å². The van der Waals surface area contributed by atoms with Crippen LogP contribution in [0.5, 0.6) is 0 Å². The summed E-state index contributed by atoms with van der Waals surface area (Å²) in [4.78, 5) is 6.56. The summed E-state index contributed by atoms with van der Waals surface area (Å²) in [5.74, 6) is 2.14. The highest BCUT2D eigenvalue weighted by atomic mass is 32.2. The third kappa shape index (κ3) is 5.14. The third-order valence-corrected chi connectivity index (χ3v) is 5.89. The zero-order valence-corrected chi connectivity index (χ0v) is 15.8. The molecule has 7 heteroatoms. The van der Waals surface area contributed by atoms with E-state index in [1.165, 1.54) is 24.2 Å². The van der Waals surface area contributed by atoms with Gasteiger partial charge in [0.15, 0.2) is 5.96 Å². The molecule has 1 aromatic heterocycles. The number of hydrogen-bond donors (Lipinski definition) is 2. The average molecular weight is 339 g/mol. The van der Waals surface area contributed by atoms with E-state index in [2.05, 4.69) is 64.6 Å². The molecular formula is C16H30N6S. The molecule has 2 unspecified atom stereocenters. The largest absolute Gasteiger partial charge is 0.355 e. The van der Waals surface area contributed by atoms with Crippen molar-refractivity contribution in [3.05, 3.63) is 18.0 Å². The molecule has 0 aliphatic carbocycles. The van der Waals surface area contributed by atoms with E-state index in [0.717, 1.165) is 19.0 Å². The lowest BCUT2D eigenvalue weighted by molar-refractivity contribution is 0.298. The summed E-state index contributed by atoms with van der Waals surface area (Å²) in [6.07, 6.45) is 6.59. The lowest BCUT2D eigenvalue weighted by Crippen LogP contribution is -2.45. The van der Waals surface area contributed by atoms with Gasteiger partial charge in [0.05, 0.1) is 12.2 Å². The van der Waals surface area contributed by atoms with Crippen LogP contribution in [0, 0.1) is 0 Å². The molecule has 2 rings (SSSR count). The van der Waals surface area contributed by atoms with E-state index < -0.39 is 0 Å². The van der Waals surface area contributed by atoms with Crippen molar-refractivity contribution >= 4 is 17.7 Å². The van der Waals surface area contributed by atoms with Crippen molar-refractivity contribution in [1.29, 1.82) is 0 Å². The van der Waals surface area contributed by atoms with Crippen LogP contribution in [0.4, 0.5) is 0 Å². The molecule has 23 heavy (non-hydrogen) atoms. The summed E-state index contributed by atoms with van der Waals surface area (Å²) in [7, 11) is 7.95. The van der Waals surface area contributed by atoms with Crippen molar-refractivity contribution < 1.29 is 0 Å². The van der Waals surface area contributed by atoms with Crippen LogP contribution in [-0.2, 0) is 7.05 Å². The van der Waals surface area contributed by atoms with Crippen molar-refractivity contribution in [3.8, 4) is 0 Å². The maximum absolute atomic E-state index is 4.36. The van der Waals surface area contributed by atoms with E-state index >= 15 is 0 Å². The Hall–Kier alpha value is -1.21. The normalized spacial score (nSPS) is 23.3. The molecule has 2 heterocycles. The van der Waals surface area contributed by atoms with Crippen LogP contribution in [-0.4, -0.2) is 65.4 Å². The molecule has 1 aliphatic heterocycles. The Morgan fingerprint density at radius 1 is 1.52 bits per heavy atom. The van der Waals surface area contributed by atoms with Gasteiger partial charge in [-0.15, -0.1) is 0 Å². The number of aliphatic imine (C=N–C) groups is 1. The minimum absolute atomic E-state index is 0.263. The molecule has 0 spiro atoms. The first-order chi connectivity index (χ1) is 10.9. The summed E-state index contributed by atoms with van der Waals surface area (Å²) in [6.45, 7) is 4.09. The minimum atomic E-state index is 0.263. The van der Waals surface area contributed by atoms with E-state index in [9.17, 15) is 0 Å². The Kier molecular flexibility index (Phi) is 6.35. The highest BCUT2D eigenvalue weighted by Crippen LogP contribution is 2.36. The average Bonchev–Trinajstić information content (AvgIpc) is 3.12. The van der Waals surface area contributed by atoms with Gasteiger partial charge in [-0.05, 0) is 39.6 Å². The molecule has 2 atom stereocenters. The van der Waals surface area contributed by atoms with Crippen LogP contribution in [0.2, 0.25) is 0 Å². The first-order valence-electron chi connectivity index (χ1n) is 8.17. The van der Waals surface area contributed by atoms with Crippen LogP contribution in [0.3, 0.4) is 0 Å². The molecule has 0 radical (unpaired) electrons. The van der Waals surface area contributed by atoms with Crippen molar-refractivity contribution in [2.45, 2.75) is 30.6 Å². The number of likely N-dealkylation sites (N-methyl/N-ethyl adjacent to an activating group) is 1. The van der Waals surface area contributed by atoms with E-state index in [-0.39, 0.29) is 6.04 Å². The SMILES string of the molecule is CN=C(NCC(c1cnn(C)c1)N(C)C)NCC1(C)CCCS1. The molecular weight excluding hydrogens is 308 g/mol. The van der Waals surface area contributed by atoms with Crippen LogP contribution in [0.25, 0.3) is 0 Å². The van der Waals surface area contributed by atoms with Crippen molar-refractivity contribution in [2.24, 2.45) is 12.0 Å². The van der Waals surface area contributed by atoms with Gasteiger partial charge >= 0.3 is 0 Å². The van der Waals surface area contributed by atoms with Crippen LogP contribution < -0.4 is 10.6 Å². The molecule has 0 amide bonds. The van der Waals surface area contributed by atoms with Gasteiger partial charge in [-0.1, -0.05) is 0 Å². The second-order valence-corrected chi connectivity index (χ2v) is 8.32. The number of aromatic nitrogens is 2. The Bertz CT molecular complexity index is 518. The fourth-order valence-electron chi connectivity index (χ4n) is 2.87. The standard InChI is InChI=1S/C16H30N6S/c1-16(7-6-8-23-16)12-19-15(17-2)18-10-14(21(3)4)13-9-20-22(5)11-13/h9,11,14H,6-8,10,12H2,1-5H3,(H2,17,18,19). The number of aryl methyl sites for hydroxylation is 1. The molecule has 6 nitrogen and oxygen atoms in total. The summed E-state index contributed by atoms with van der Waals surface area (Å²) >= 11 is 2.06. The van der Waals surface area contributed by atoms with Gasteiger partial charge in [0, 0.05) is 43.7 Å². The quantitative estimate of drug-likeness (QED) is 0.608. The highest BCUT2D eigenvalue weighted by Gasteiger charge is 2.29. The molecule has 1 aliphatic rings. The van der Waals surface area contributed by atoms with Crippen molar-refractivity contribution in [1.82, 2.24) is 25.3 Å². The molecule has 1 aromatic rings. The molecule has 1 fully saturated rings. The van der Waals surface area contributed by atoms with Gasteiger partial charge in [0.25, 0.3) is 0 Å². The smallest absolute Gasteiger partial charge is 0.191 e. The summed E-state index contributed by atoms with van der Waals surface area (Å²) < 4.78 is 2.18. The first-order valence-corrected chi connectivity index (χ1v) is 9.15. The molecule has 0 aromatic carbocycles. The number of rotatable bonds is 6. The Labute approximate surface area is 144 Å². The van der Waals surface area contributed by atoms with Gasteiger partial charge in [-0.25, -0.2) is 0 Å². The van der Waals surface area contributed by atoms with Gasteiger partial charge < -0.3 is 15.5 Å². The second kappa shape index (κ2) is 8.06.